The summed E-state index contributed by atoms with van der Waals surface area (Å²) in [5, 5.41) is 5.71. The highest BCUT2D eigenvalue weighted by Gasteiger charge is 2.10. The number of carbonyl (C=O) groups excluding carboxylic acids is 1. The van der Waals surface area contributed by atoms with Crippen molar-refractivity contribution in [2.45, 2.75) is 0 Å². The Morgan fingerprint density at radius 3 is 2.42 bits per heavy atom. The van der Waals surface area contributed by atoms with Crippen molar-refractivity contribution < 1.29 is 14.3 Å². The lowest BCUT2D eigenvalue weighted by Gasteiger charge is -2.10. The number of hydrogen-bond donors (Lipinski definition) is 1. The molecular formula is C18H16N2O3S. The number of ether oxygens (including phenoxy) is 2. The zero-order valence-electron chi connectivity index (χ0n) is 13.3. The van der Waals surface area contributed by atoms with E-state index in [9.17, 15) is 4.79 Å². The topological polar surface area (TPSA) is 60.5 Å². The molecule has 1 aromatic heterocycles. The molecule has 2 aromatic carbocycles. The molecular weight excluding hydrogens is 324 g/mol. The van der Waals surface area contributed by atoms with Gasteiger partial charge in [0.15, 0.2) is 11.5 Å². The number of nitrogens with one attached hydrogen (secondary N) is 1. The van der Waals surface area contributed by atoms with Crippen LogP contribution in [0.15, 0.2) is 54.0 Å². The second-order valence-electron chi connectivity index (χ2n) is 4.94. The molecule has 6 heteroatoms. The fourth-order valence-corrected chi connectivity index (χ4v) is 2.89. The van der Waals surface area contributed by atoms with Crippen LogP contribution in [0.1, 0.15) is 10.4 Å². The van der Waals surface area contributed by atoms with E-state index in [0.29, 0.717) is 22.7 Å². The Morgan fingerprint density at radius 2 is 1.79 bits per heavy atom. The summed E-state index contributed by atoms with van der Waals surface area (Å²) in [5.74, 6) is 0.991. The smallest absolute Gasteiger partial charge is 0.255 e. The van der Waals surface area contributed by atoms with E-state index in [4.69, 9.17) is 9.47 Å². The van der Waals surface area contributed by atoms with E-state index in [1.807, 2.05) is 17.5 Å². The van der Waals surface area contributed by atoms with Crippen LogP contribution in [0.2, 0.25) is 0 Å². The molecule has 1 heterocycles. The maximum atomic E-state index is 12.4. The second kappa shape index (κ2) is 7.14. The molecule has 0 saturated carbocycles. The summed E-state index contributed by atoms with van der Waals surface area (Å²) in [5.41, 5.74) is 2.21. The van der Waals surface area contributed by atoms with Gasteiger partial charge < -0.3 is 14.8 Å². The van der Waals surface area contributed by atoms with Crippen LogP contribution in [0.4, 0.5) is 5.69 Å². The maximum Gasteiger partial charge on any atom is 0.255 e. The Hall–Kier alpha value is -2.86. The van der Waals surface area contributed by atoms with Crippen LogP contribution >= 0.6 is 11.3 Å². The van der Waals surface area contributed by atoms with Crippen LogP contribution in [0, 0.1) is 0 Å². The molecule has 3 aromatic rings. The minimum absolute atomic E-state index is 0.187. The predicted octanol–water partition coefficient (Wildman–Crippen LogP) is 4.08. The Labute approximate surface area is 143 Å². The third-order valence-corrected chi connectivity index (χ3v) is 4.29. The molecule has 1 amide bonds. The molecule has 0 aliphatic heterocycles. The predicted molar refractivity (Wildman–Crippen MR) is 95.0 cm³/mol. The van der Waals surface area contributed by atoms with Gasteiger partial charge in [-0.3, -0.25) is 4.79 Å². The van der Waals surface area contributed by atoms with Gasteiger partial charge in [0.2, 0.25) is 0 Å². The zero-order chi connectivity index (χ0) is 16.9. The molecule has 122 valence electrons. The molecule has 0 fully saturated rings. The molecule has 0 spiro atoms. The van der Waals surface area contributed by atoms with Gasteiger partial charge in [-0.1, -0.05) is 12.1 Å². The molecule has 0 aliphatic carbocycles. The lowest BCUT2D eigenvalue weighted by Crippen LogP contribution is -2.11. The van der Waals surface area contributed by atoms with Crippen molar-refractivity contribution in [2.24, 2.45) is 0 Å². The number of amides is 1. The fourth-order valence-electron chi connectivity index (χ4n) is 2.25. The zero-order valence-corrected chi connectivity index (χ0v) is 14.1. The van der Waals surface area contributed by atoms with Gasteiger partial charge in [0.25, 0.3) is 5.91 Å². The monoisotopic (exact) mass is 340 g/mol. The first-order valence-electron chi connectivity index (χ1n) is 7.24. The summed E-state index contributed by atoms with van der Waals surface area (Å²) in [6.45, 7) is 0. The summed E-state index contributed by atoms with van der Waals surface area (Å²) in [4.78, 5) is 16.6. The minimum atomic E-state index is -0.187. The fraction of sp³-hybridized carbons (Fsp3) is 0.111. The molecule has 5 nitrogen and oxygen atoms in total. The highest BCUT2D eigenvalue weighted by molar-refractivity contribution is 7.13. The quantitative estimate of drug-likeness (QED) is 0.760. The Bertz CT molecular complexity index is 830. The van der Waals surface area contributed by atoms with Gasteiger partial charge in [0.1, 0.15) is 5.01 Å². The molecule has 0 bridgehead atoms. The SMILES string of the molecule is COc1ccc(NC(=O)c2ccc(-c3nccs3)cc2)cc1OC. The van der Waals surface area contributed by atoms with Crippen molar-refractivity contribution in [3.05, 3.63) is 59.6 Å². The third-order valence-electron chi connectivity index (χ3n) is 3.47. The van der Waals surface area contributed by atoms with Crippen molar-refractivity contribution >= 4 is 22.9 Å². The first-order chi connectivity index (χ1) is 11.7. The average molecular weight is 340 g/mol. The van der Waals surface area contributed by atoms with E-state index < -0.39 is 0 Å². The highest BCUT2D eigenvalue weighted by Crippen LogP contribution is 2.30. The van der Waals surface area contributed by atoms with E-state index in [-0.39, 0.29) is 5.91 Å². The van der Waals surface area contributed by atoms with Crippen molar-refractivity contribution in [2.75, 3.05) is 19.5 Å². The summed E-state index contributed by atoms with van der Waals surface area (Å²) in [7, 11) is 3.13. The Kier molecular flexibility index (Phi) is 4.77. The lowest BCUT2D eigenvalue weighted by molar-refractivity contribution is 0.102. The summed E-state index contributed by atoms with van der Waals surface area (Å²) in [6.07, 6.45) is 1.76. The summed E-state index contributed by atoms with van der Waals surface area (Å²) >= 11 is 1.56. The van der Waals surface area contributed by atoms with Gasteiger partial charge in [-0.15, -0.1) is 11.3 Å². The van der Waals surface area contributed by atoms with Gasteiger partial charge in [-0.05, 0) is 24.3 Å². The van der Waals surface area contributed by atoms with Gasteiger partial charge in [0.05, 0.1) is 14.2 Å². The molecule has 0 aliphatic rings. The largest absolute Gasteiger partial charge is 0.493 e. The molecule has 0 saturated heterocycles. The third kappa shape index (κ3) is 3.38. The van der Waals surface area contributed by atoms with Crippen molar-refractivity contribution in [3.8, 4) is 22.1 Å². The number of carbonyl (C=O) groups is 1. The van der Waals surface area contributed by atoms with E-state index in [2.05, 4.69) is 10.3 Å². The van der Waals surface area contributed by atoms with Crippen LogP contribution in [0.5, 0.6) is 11.5 Å². The normalized spacial score (nSPS) is 10.2. The van der Waals surface area contributed by atoms with Crippen molar-refractivity contribution in [1.82, 2.24) is 4.98 Å². The lowest BCUT2D eigenvalue weighted by atomic mass is 10.1. The number of rotatable bonds is 5. The van der Waals surface area contributed by atoms with Crippen LogP contribution in [0.3, 0.4) is 0 Å². The number of anilines is 1. The number of methoxy groups -OCH3 is 2. The van der Waals surface area contributed by atoms with Gasteiger partial charge >= 0.3 is 0 Å². The molecule has 1 N–H and O–H groups in total. The van der Waals surface area contributed by atoms with E-state index in [0.717, 1.165) is 10.6 Å². The molecule has 0 radical (unpaired) electrons. The van der Waals surface area contributed by atoms with Crippen LogP contribution in [-0.4, -0.2) is 25.1 Å². The summed E-state index contributed by atoms with van der Waals surface area (Å²) in [6, 6.07) is 12.6. The van der Waals surface area contributed by atoms with Gasteiger partial charge in [-0.2, -0.15) is 0 Å². The van der Waals surface area contributed by atoms with Crippen LogP contribution in [-0.2, 0) is 0 Å². The number of nitrogens with zero attached hydrogens (tertiary/aromatic N) is 1. The van der Waals surface area contributed by atoms with Gasteiger partial charge in [-0.25, -0.2) is 4.98 Å². The van der Waals surface area contributed by atoms with Crippen molar-refractivity contribution in [1.29, 1.82) is 0 Å². The molecule has 3 rings (SSSR count). The van der Waals surface area contributed by atoms with Crippen LogP contribution < -0.4 is 14.8 Å². The van der Waals surface area contributed by atoms with Gasteiger partial charge in [0, 0.05) is 34.5 Å². The molecule has 0 unspecified atom stereocenters. The average Bonchev–Trinajstić information content (AvgIpc) is 3.16. The first kappa shape index (κ1) is 16.0. The number of thiazole rings is 1. The summed E-state index contributed by atoms with van der Waals surface area (Å²) < 4.78 is 10.4. The Morgan fingerprint density at radius 1 is 1.04 bits per heavy atom. The first-order valence-corrected chi connectivity index (χ1v) is 8.12. The number of benzene rings is 2. The number of hydrogen-bond acceptors (Lipinski definition) is 5. The van der Waals surface area contributed by atoms with E-state index >= 15 is 0 Å². The minimum Gasteiger partial charge on any atom is -0.493 e. The van der Waals surface area contributed by atoms with E-state index in [1.165, 1.54) is 0 Å². The second-order valence-corrected chi connectivity index (χ2v) is 5.83. The molecule has 0 atom stereocenters. The highest BCUT2D eigenvalue weighted by atomic mass is 32.1. The van der Waals surface area contributed by atoms with Crippen molar-refractivity contribution in [3.63, 3.8) is 0 Å². The maximum absolute atomic E-state index is 12.4. The molecule has 24 heavy (non-hydrogen) atoms. The standard InChI is InChI=1S/C18H16N2O3S/c1-22-15-8-7-14(11-16(15)23-2)20-17(21)12-3-5-13(6-4-12)18-19-9-10-24-18/h3-11H,1-2H3,(H,20,21). The Balaban J connectivity index is 1.75. The van der Waals surface area contributed by atoms with Crippen LogP contribution in [0.25, 0.3) is 10.6 Å². The number of aromatic nitrogens is 1. The van der Waals surface area contributed by atoms with E-state index in [1.54, 1.807) is 62.1 Å².